The Morgan fingerprint density at radius 1 is 0.605 bits per heavy atom. The fraction of sp³-hybridized carbons (Fsp3) is 0. The van der Waals surface area contributed by atoms with Crippen molar-refractivity contribution in [2.45, 2.75) is 0 Å². The van der Waals surface area contributed by atoms with E-state index in [0.29, 0.717) is 28.1 Å². The summed E-state index contributed by atoms with van der Waals surface area (Å²) < 4.78 is 2.07. The van der Waals surface area contributed by atoms with Gasteiger partial charge in [0.1, 0.15) is 0 Å². The summed E-state index contributed by atoms with van der Waals surface area (Å²) in [6.45, 7) is 0. The van der Waals surface area contributed by atoms with Gasteiger partial charge in [-0.1, -0.05) is 60.7 Å². The summed E-state index contributed by atoms with van der Waals surface area (Å²) >= 11 is 0. The maximum absolute atomic E-state index is 13.8. The van der Waals surface area contributed by atoms with Crippen molar-refractivity contribution in [2.24, 2.45) is 0 Å². The third-order valence-corrected chi connectivity index (χ3v) is 7.15. The molecule has 0 atom stereocenters. The Labute approximate surface area is 218 Å². The van der Waals surface area contributed by atoms with Crippen LogP contribution in [-0.2, 0) is 0 Å². The monoisotopic (exact) mass is 489 g/mol. The maximum atomic E-state index is 13.8. The molecule has 1 aliphatic rings. The Morgan fingerprint density at radius 2 is 1.34 bits per heavy atom. The predicted octanol–water partition coefficient (Wildman–Crippen LogP) is 7.12. The second-order valence-corrected chi connectivity index (χ2v) is 9.26. The average molecular weight is 490 g/mol. The zero-order valence-electron chi connectivity index (χ0n) is 20.1. The van der Waals surface area contributed by atoms with E-state index in [0.717, 1.165) is 32.9 Å². The molecule has 0 saturated carbocycles. The van der Waals surface area contributed by atoms with Crippen molar-refractivity contribution in [2.75, 3.05) is 4.90 Å². The van der Waals surface area contributed by atoms with E-state index in [4.69, 9.17) is 0 Å². The molecule has 5 heteroatoms. The molecule has 0 bridgehead atoms. The van der Waals surface area contributed by atoms with Crippen LogP contribution in [0.5, 0.6) is 0 Å². The highest BCUT2D eigenvalue weighted by Crippen LogP contribution is 2.38. The first kappa shape index (κ1) is 21.8. The molecular weight excluding hydrogens is 470 g/mol. The van der Waals surface area contributed by atoms with Crippen LogP contribution in [0.3, 0.4) is 0 Å². The molecule has 178 valence electrons. The Morgan fingerprint density at radius 3 is 2.18 bits per heavy atom. The third-order valence-electron chi connectivity index (χ3n) is 7.15. The number of benzene rings is 5. The summed E-state index contributed by atoms with van der Waals surface area (Å²) in [6, 6.07) is 38.5. The zero-order valence-corrected chi connectivity index (χ0v) is 20.1. The molecule has 1 aliphatic heterocycles. The number of rotatable bonds is 3. The van der Waals surface area contributed by atoms with E-state index < -0.39 is 0 Å². The van der Waals surface area contributed by atoms with Crippen molar-refractivity contribution >= 4 is 39.3 Å². The van der Waals surface area contributed by atoms with Gasteiger partial charge in [-0.25, -0.2) is 4.90 Å². The first-order chi connectivity index (χ1) is 18.7. The fourth-order valence-electron chi connectivity index (χ4n) is 5.45. The number of carbonyl (C=O) groups is 2. The van der Waals surface area contributed by atoms with Crippen LogP contribution in [0.15, 0.2) is 115 Å². The van der Waals surface area contributed by atoms with Crippen LogP contribution in [0.2, 0.25) is 0 Å². The zero-order chi connectivity index (χ0) is 25.8. The van der Waals surface area contributed by atoms with Gasteiger partial charge < -0.3 is 4.57 Å². The van der Waals surface area contributed by atoms with Crippen LogP contribution in [0.1, 0.15) is 26.3 Å². The first-order valence-electron chi connectivity index (χ1n) is 12.3. The lowest BCUT2D eigenvalue weighted by molar-refractivity contribution is 0.0926. The van der Waals surface area contributed by atoms with Gasteiger partial charge in [0.15, 0.2) is 0 Å². The molecule has 5 aromatic carbocycles. The van der Waals surface area contributed by atoms with Gasteiger partial charge in [-0.3, -0.25) is 9.59 Å². The number of hydrogen-bond donors (Lipinski definition) is 0. The van der Waals surface area contributed by atoms with Crippen LogP contribution < -0.4 is 4.90 Å². The van der Waals surface area contributed by atoms with Crippen LogP contribution in [0.4, 0.5) is 5.69 Å². The van der Waals surface area contributed by atoms with Crippen molar-refractivity contribution in [3.8, 4) is 22.9 Å². The smallest absolute Gasteiger partial charge is 0.268 e. The Hall–Kier alpha value is -5.47. The molecule has 0 spiro atoms. The van der Waals surface area contributed by atoms with Gasteiger partial charge in [-0.05, 0) is 65.7 Å². The highest BCUT2D eigenvalue weighted by atomic mass is 16.2. The Bertz CT molecular complexity index is 1980. The van der Waals surface area contributed by atoms with Gasteiger partial charge in [-0.2, -0.15) is 5.26 Å². The number of aromatic nitrogens is 1. The van der Waals surface area contributed by atoms with E-state index in [2.05, 4.69) is 22.8 Å². The molecule has 6 aromatic rings. The van der Waals surface area contributed by atoms with Crippen molar-refractivity contribution < 1.29 is 9.59 Å². The lowest BCUT2D eigenvalue weighted by Crippen LogP contribution is -2.29. The molecule has 2 heterocycles. The van der Waals surface area contributed by atoms with Gasteiger partial charge in [-0.15, -0.1) is 0 Å². The summed E-state index contributed by atoms with van der Waals surface area (Å²) in [4.78, 5) is 28.4. The number of nitrogens with zero attached hydrogens (tertiary/aromatic N) is 3. The standard InChI is InChI=1S/C33H19N3O2/c34-20-21-8-6-9-22(18-21)23-16-17-29-27(19-23)25-12-4-5-14-28(25)36(29)30-15-7-13-26-31(30)33(38)35(32(26)37)24-10-2-1-3-11-24/h1-19H. The topological polar surface area (TPSA) is 66.1 Å². The van der Waals surface area contributed by atoms with Crippen LogP contribution >= 0.6 is 0 Å². The summed E-state index contributed by atoms with van der Waals surface area (Å²) in [5, 5.41) is 11.4. The number of carbonyl (C=O) groups excluding carboxylic acids is 2. The van der Waals surface area contributed by atoms with Crippen molar-refractivity contribution in [3.63, 3.8) is 0 Å². The van der Waals surface area contributed by atoms with Gasteiger partial charge in [0.2, 0.25) is 0 Å². The number of imide groups is 1. The molecule has 0 unspecified atom stereocenters. The highest BCUT2D eigenvalue weighted by molar-refractivity contribution is 6.35. The Balaban J connectivity index is 1.47. The number of hydrogen-bond acceptors (Lipinski definition) is 3. The molecule has 38 heavy (non-hydrogen) atoms. The van der Waals surface area contributed by atoms with Gasteiger partial charge in [0.25, 0.3) is 11.8 Å². The van der Waals surface area contributed by atoms with Gasteiger partial charge >= 0.3 is 0 Å². The van der Waals surface area contributed by atoms with E-state index in [1.54, 1.807) is 24.3 Å². The van der Waals surface area contributed by atoms with E-state index in [9.17, 15) is 14.9 Å². The van der Waals surface area contributed by atoms with E-state index in [1.165, 1.54) is 4.90 Å². The fourth-order valence-corrected chi connectivity index (χ4v) is 5.45. The number of nitriles is 1. The maximum Gasteiger partial charge on any atom is 0.268 e. The molecule has 0 radical (unpaired) electrons. The molecule has 0 fully saturated rings. The lowest BCUT2D eigenvalue weighted by Gasteiger charge is -2.14. The number of amides is 2. The summed E-state index contributed by atoms with van der Waals surface area (Å²) in [6.07, 6.45) is 0. The molecule has 0 N–H and O–H groups in total. The minimum absolute atomic E-state index is 0.321. The molecule has 2 amide bonds. The van der Waals surface area contributed by atoms with Crippen molar-refractivity contribution in [1.29, 1.82) is 5.26 Å². The molecule has 0 aliphatic carbocycles. The van der Waals surface area contributed by atoms with Crippen LogP contribution in [0, 0.1) is 11.3 Å². The SMILES string of the molecule is N#Cc1cccc(-c2ccc3c(c2)c2ccccc2n3-c2cccc3c2C(=O)N(c2ccccc2)C3=O)c1. The third kappa shape index (κ3) is 3.11. The van der Waals surface area contributed by atoms with Gasteiger partial charge in [0, 0.05) is 10.8 Å². The second-order valence-electron chi connectivity index (χ2n) is 9.26. The summed E-state index contributed by atoms with van der Waals surface area (Å²) in [7, 11) is 0. The van der Waals surface area contributed by atoms with Crippen molar-refractivity contribution in [1.82, 2.24) is 4.57 Å². The highest BCUT2D eigenvalue weighted by Gasteiger charge is 2.39. The van der Waals surface area contributed by atoms with E-state index in [1.807, 2.05) is 78.9 Å². The quantitative estimate of drug-likeness (QED) is 0.249. The van der Waals surface area contributed by atoms with Crippen molar-refractivity contribution in [3.05, 3.63) is 132 Å². The van der Waals surface area contributed by atoms with Crippen LogP contribution in [-0.4, -0.2) is 16.4 Å². The molecule has 0 saturated heterocycles. The average Bonchev–Trinajstić information content (AvgIpc) is 3.44. The number of anilines is 1. The molecule has 1 aromatic heterocycles. The minimum Gasteiger partial charge on any atom is -0.308 e. The first-order valence-corrected chi connectivity index (χ1v) is 12.3. The molecular formula is C33H19N3O2. The molecule has 5 nitrogen and oxygen atoms in total. The largest absolute Gasteiger partial charge is 0.308 e. The second kappa shape index (κ2) is 8.29. The Kier molecular flexibility index (Phi) is 4.75. The lowest BCUT2D eigenvalue weighted by atomic mass is 10.0. The number of para-hydroxylation sites is 2. The van der Waals surface area contributed by atoms with Crippen LogP contribution in [0.25, 0.3) is 38.6 Å². The number of fused-ring (bicyclic) bond motifs is 4. The van der Waals surface area contributed by atoms with E-state index in [-0.39, 0.29) is 11.8 Å². The summed E-state index contributed by atoms with van der Waals surface area (Å²) in [5.74, 6) is -0.652. The predicted molar refractivity (Wildman–Crippen MR) is 149 cm³/mol. The van der Waals surface area contributed by atoms with Gasteiger partial charge in [0.05, 0.1) is 45.2 Å². The minimum atomic E-state index is -0.331. The van der Waals surface area contributed by atoms with E-state index >= 15 is 0 Å². The summed E-state index contributed by atoms with van der Waals surface area (Å²) in [5.41, 5.74) is 6.45. The molecule has 7 rings (SSSR count). The normalized spacial score (nSPS) is 12.8.